The van der Waals surface area contributed by atoms with Gasteiger partial charge in [-0.15, -0.1) is 0 Å². The Morgan fingerprint density at radius 1 is 1.60 bits per heavy atom. The van der Waals surface area contributed by atoms with E-state index < -0.39 is 0 Å². The van der Waals surface area contributed by atoms with Gasteiger partial charge in [0.25, 0.3) is 0 Å². The monoisotopic (exact) mass is 206 g/mol. The Bertz CT molecular complexity index is 400. The summed E-state index contributed by atoms with van der Waals surface area (Å²) in [5.41, 5.74) is 0.671. The van der Waals surface area contributed by atoms with Crippen LogP contribution in [-0.2, 0) is 0 Å². The molecule has 0 fully saturated rings. The molecule has 0 bridgehead atoms. The topological polar surface area (TPSA) is 45.0 Å². The second kappa shape index (κ2) is 4.18. The van der Waals surface area contributed by atoms with Gasteiger partial charge < -0.3 is 10.1 Å². The van der Waals surface area contributed by atoms with Gasteiger partial charge in [0, 0.05) is 6.42 Å². The van der Waals surface area contributed by atoms with E-state index in [-0.39, 0.29) is 17.6 Å². The molecule has 2 rings (SSSR count). The maximum absolute atomic E-state index is 13.2. The van der Waals surface area contributed by atoms with E-state index >= 15 is 0 Å². The fraction of sp³-hybridized carbons (Fsp3) is 0.364. The van der Waals surface area contributed by atoms with E-state index in [1.54, 1.807) is 12.1 Å². The molecule has 3 nitrogen and oxygen atoms in total. The lowest BCUT2D eigenvalue weighted by Gasteiger charge is -2.27. The van der Waals surface area contributed by atoms with Crippen LogP contribution in [-0.4, -0.2) is 12.6 Å². The summed E-state index contributed by atoms with van der Waals surface area (Å²) in [6.45, 7) is 0.412. The smallest absolute Gasteiger partial charge is 0.178 e. The molecular formula is C11H11FN2O. The molecule has 4 heteroatoms. The Balaban J connectivity index is 2.11. The van der Waals surface area contributed by atoms with Crippen LogP contribution in [0.3, 0.4) is 0 Å². The number of benzene rings is 1. The van der Waals surface area contributed by atoms with Gasteiger partial charge in [0.1, 0.15) is 6.61 Å². The summed E-state index contributed by atoms with van der Waals surface area (Å²) in [7, 11) is 0. The maximum Gasteiger partial charge on any atom is 0.178 e. The Kier molecular flexibility index (Phi) is 2.72. The van der Waals surface area contributed by atoms with Gasteiger partial charge >= 0.3 is 0 Å². The van der Waals surface area contributed by atoms with Crippen molar-refractivity contribution in [2.24, 2.45) is 0 Å². The second-order valence-electron chi connectivity index (χ2n) is 3.47. The van der Waals surface area contributed by atoms with E-state index in [0.717, 1.165) is 0 Å². The molecule has 78 valence electrons. The molecule has 0 aliphatic carbocycles. The Morgan fingerprint density at radius 3 is 3.27 bits per heavy atom. The summed E-state index contributed by atoms with van der Waals surface area (Å²) in [6.07, 6.45) is 1.19. The predicted molar refractivity (Wildman–Crippen MR) is 54.2 cm³/mol. The second-order valence-corrected chi connectivity index (χ2v) is 3.47. The number of hydrogen-bond donors (Lipinski definition) is 1. The van der Waals surface area contributed by atoms with Crippen LogP contribution in [0.1, 0.15) is 12.8 Å². The summed E-state index contributed by atoms with van der Waals surface area (Å²) in [5, 5.41) is 11.6. The number of rotatable bonds is 2. The third kappa shape index (κ3) is 2.01. The zero-order valence-electron chi connectivity index (χ0n) is 8.16. The summed E-state index contributed by atoms with van der Waals surface area (Å²) in [5.74, 6) is -0.0653. The van der Waals surface area contributed by atoms with Gasteiger partial charge in [0.2, 0.25) is 0 Å². The molecule has 0 aromatic heterocycles. The molecule has 0 spiro atoms. The normalized spacial score (nSPS) is 18.3. The van der Waals surface area contributed by atoms with E-state index in [9.17, 15) is 4.39 Å². The molecule has 1 aromatic rings. The van der Waals surface area contributed by atoms with Gasteiger partial charge in [-0.2, -0.15) is 5.26 Å². The van der Waals surface area contributed by atoms with Crippen LogP contribution in [0.15, 0.2) is 18.2 Å². The number of nitriles is 1. The standard InChI is InChI=1S/C11H11FN2O/c12-9-4-1-5-10-11(9)15-7-8(14-10)3-2-6-13/h1,4-5,8,14H,2-3,7H2. The highest BCUT2D eigenvalue weighted by molar-refractivity contribution is 5.58. The van der Waals surface area contributed by atoms with Crippen molar-refractivity contribution in [2.75, 3.05) is 11.9 Å². The Hall–Kier alpha value is -1.76. The first-order valence-electron chi connectivity index (χ1n) is 4.86. The summed E-state index contributed by atoms with van der Waals surface area (Å²) < 4.78 is 18.6. The molecule has 1 aliphatic heterocycles. The van der Waals surface area contributed by atoms with Gasteiger partial charge in [-0.25, -0.2) is 4.39 Å². The van der Waals surface area contributed by atoms with Crippen molar-refractivity contribution in [1.29, 1.82) is 5.26 Å². The highest BCUT2D eigenvalue weighted by Gasteiger charge is 2.20. The molecule has 15 heavy (non-hydrogen) atoms. The molecule has 0 saturated carbocycles. The number of halogens is 1. The highest BCUT2D eigenvalue weighted by Crippen LogP contribution is 2.31. The molecule has 1 unspecified atom stereocenters. The Morgan fingerprint density at radius 2 is 2.47 bits per heavy atom. The lowest BCUT2D eigenvalue weighted by Crippen LogP contribution is -2.31. The maximum atomic E-state index is 13.2. The number of hydrogen-bond acceptors (Lipinski definition) is 3. The first-order valence-corrected chi connectivity index (χ1v) is 4.86. The fourth-order valence-corrected chi connectivity index (χ4v) is 1.61. The number of anilines is 1. The largest absolute Gasteiger partial charge is 0.486 e. The molecule has 1 heterocycles. The van der Waals surface area contributed by atoms with Crippen molar-refractivity contribution in [1.82, 2.24) is 0 Å². The third-order valence-electron chi connectivity index (χ3n) is 2.36. The van der Waals surface area contributed by atoms with E-state index in [4.69, 9.17) is 10.00 Å². The van der Waals surface area contributed by atoms with Crippen LogP contribution < -0.4 is 10.1 Å². The van der Waals surface area contributed by atoms with E-state index in [1.807, 2.05) is 0 Å². The fourth-order valence-electron chi connectivity index (χ4n) is 1.61. The zero-order valence-corrected chi connectivity index (χ0v) is 8.16. The number of ether oxygens (including phenoxy) is 1. The minimum absolute atomic E-state index is 0.0962. The molecule has 0 radical (unpaired) electrons. The quantitative estimate of drug-likeness (QED) is 0.807. The number of nitrogens with one attached hydrogen (secondary N) is 1. The van der Waals surface area contributed by atoms with Crippen molar-refractivity contribution in [3.63, 3.8) is 0 Å². The van der Waals surface area contributed by atoms with Crippen LogP contribution >= 0.6 is 0 Å². The van der Waals surface area contributed by atoms with Gasteiger partial charge in [0.15, 0.2) is 11.6 Å². The highest BCUT2D eigenvalue weighted by atomic mass is 19.1. The van der Waals surface area contributed by atoms with Gasteiger partial charge in [0.05, 0.1) is 17.8 Å². The SMILES string of the molecule is N#CCCC1COc2c(F)cccc2N1. The average Bonchev–Trinajstić information content (AvgIpc) is 2.26. The van der Waals surface area contributed by atoms with Crippen molar-refractivity contribution < 1.29 is 9.13 Å². The van der Waals surface area contributed by atoms with Crippen molar-refractivity contribution in [2.45, 2.75) is 18.9 Å². The van der Waals surface area contributed by atoms with Crippen LogP contribution in [0.25, 0.3) is 0 Å². The van der Waals surface area contributed by atoms with Gasteiger partial charge in [-0.1, -0.05) is 6.07 Å². The number of para-hydroxylation sites is 1. The zero-order chi connectivity index (χ0) is 10.7. The molecule has 1 N–H and O–H groups in total. The Labute approximate surface area is 87.5 Å². The number of fused-ring (bicyclic) bond motifs is 1. The van der Waals surface area contributed by atoms with Crippen LogP contribution in [0.5, 0.6) is 5.75 Å². The number of nitrogens with zero attached hydrogens (tertiary/aromatic N) is 1. The molecular weight excluding hydrogens is 195 g/mol. The lowest BCUT2D eigenvalue weighted by molar-refractivity contribution is 0.266. The first-order chi connectivity index (χ1) is 7.31. The third-order valence-corrected chi connectivity index (χ3v) is 2.36. The molecule has 0 saturated heterocycles. The van der Waals surface area contributed by atoms with Gasteiger partial charge in [-0.3, -0.25) is 0 Å². The summed E-state index contributed by atoms with van der Waals surface area (Å²) in [4.78, 5) is 0. The molecule has 1 aromatic carbocycles. The lowest BCUT2D eigenvalue weighted by atomic mass is 10.1. The van der Waals surface area contributed by atoms with E-state index in [0.29, 0.717) is 25.1 Å². The summed E-state index contributed by atoms with van der Waals surface area (Å²) >= 11 is 0. The van der Waals surface area contributed by atoms with E-state index in [1.165, 1.54) is 6.07 Å². The van der Waals surface area contributed by atoms with Crippen molar-refractivity contribution in [3.8, 4) is 11.8 Å². The van der Waals surface area contributed by atoms with Crippen LogP contribution in [0, 0.1) is 17.1 Å². The van der Waals surface area contributed by atoms with Crippen molar-refractivity contribution >= 4 is 5.69 Å². The first kappa shape index (κ1) is 9.78. The van der Waals surface area contributed by atoms with E-state index in [2.05, 4.69) is 11.4 Å². The molecule has 1 aliphatic rings. The summed E-state index contributed by atoms with van der Waals surface area (Å²) in [6, 6.07) is 6.96. The predicted octanol–water partition coefficient (Wildman–Crippen LogP) is 2.30. The average molecular weight is 206 g/mol. The minimum atomic E-state index is -0.348. The minimum Gasteiger partial charge on any atom is -0.486 e. The van der Waals surface area contributed by atoms with Crippen molar-refractivity contribution in [3.05, 3.63) is 24.0 Å². The van der Waals surface area contributed by atoms with Crippen LogP contribution in [0.4, 0.5) is 10.1 Å². The molecule has 0 amide bonds. The molecule has 1 atom stereocenters. The van der Waals surface area contributed by atoms with Gasteiger partial charge in [-0.05, 0) is 18.6 Å². The van der Waals surface area contributed by atoms with Crippen LogP contribution in [0.2, 0.25) is 0 Å².